The SMILES string of the molecule is CC(C)n1c(CN)nnc1SCc1cccc(O)c1. The van der Waals surface area contributed by atoms with Gasteiger partial charge >= 0.3 is 0 Å². The second-order valence-electron chi connectivity index (χ2n) is 4.53. The first-order chi connectivity index (χ1) is 9.11. The summed E-state index contributed by atoms with van der Waals surface area (Å²) in [6.07, 6.45) is 0. The van der Waals surface area contributed by atoms with Crippen LogP contribution in [-0.2, 0) is 12.3 Å². The minimum Gasteiger partial charge on any atom is -0.508 e. The summed E-state index contributed by atoms with van der Waals surface area (Å²) in [5, 5.41) is 18.6. The Balaban J connectivity index is 2.13. The third-order valence-corrected chi connectivity index (χ3v) is 3.73. The molecule has 0 spiro atoms. The van der Waals surface area contributed by atoms with Gasteiger partial charge in [0.1, 0.15) is 11.6 Å². The summed E-state index contributed by atoms with van der Waals surface area (Å²) in [6.45, 7) is 4.56. The van der Waals surface area contributed by atoms with Crippen molar-refractivity contribution in [2.24, 2.45) is 5.73 Å². The summed E-state index contributed by atoms with van der Waals surface area (Å²) in [7, 11) is 0. The van der Waals surface area contributed by atoms with Crippen LogP contribution in [0.3, 0.4) is 0 Å². The zero-order chi connectivity index (χ0) is 13.8. The van der Waals surface area contributed by atoms with Gasteiger partial charge in [0.15, 0.2) is 5.16 Å². The summed E-state index contributed by atoms with van der Waals surface area (Å²) < 4.78 is 2.05. The quantitative estimate of drug-likeness (QED) is 0.821. The third kappa shape index (κ3) is 3.27. The van der Waals surface area contributed by atoms with Gasteiger partial charge in [-0.15, -0.1) is 10.2 Å². The van der Waals surface area contributed by atoms with Gasteiger partial charge in [0.25, 0.3) is 0 Å². The van der Waals surface area contributed by atoms with E-state index in [1.54, 1.807) is 23.9 Å². The normalized spacial score (nSPS) is 11.2. The van der Waals surface area contributed by atoms with Crippen molar-refractivity contribution in [2.45, 2.75) is 37.3 Å². The molecular formula is C13H18N4OS. The molecule has 0 saturated carbocycles. The molecule has 19 heavy (non-hydrogen) atoms. The first-order valence-electron chi connectivity index (χ1n) is 6.16. The van der Waals surface area contributed by atoms with Crippen molar-refractivity contribution in [3.05, 3.63) is 35.7 Å². The van der Waals surface area contributed by atoms with E-state index in [9.17, 15) is 5.11 Å². The van der Waals surface area contributed by atoms with E-state index in [1.165, 1.54) is 0 Å². The van der Waals surface area contributed by atoms with Gasteiger partial charge in [0, 0.05) is 11.8 Å². The fourth-order valence-corrected chi connectivity index (χ4v) is 2.89. The van der Waals surface area contributed by atoms with Crippen LogP contribution in [-0.4, -0.2) is 19.9 Å². The van der Waals surface area contributed by atoms with Crippen LogP contribution in [0.2, 0.25) is 0 Å². The number of benzene rings is 1. The highest BCUT2D eigenvalue weighted by Gasteiger charge is 2.14. The molecule has 1 heterocycles. The summed E-state index contributed by atoms with van der Waals surface area (Å²) >= 11 is 1.60. The number of aromatic hydroxyl groups is 1. The Morgan fingerprint density at radius 1 is 1.37 bits per heavy atom. The van der Waals surface area contributed by atoms with Crippen molar-refractivity contribution in [1.29, 1.82) is 0 Å². The van der Waals surface area contributed by atoms with E-state index in [0.717, 1.165) is 22.3 Å². The molecule has 0 aliphatic rings. The molecule has 0 saturated heterocycles. The Morgan fingerprint density at radius 2 is 2.16 bits per heavy atom. The smallest absolute Gasteiger partial charge is 0.191 e. The Labute approximate surface area is 116 Å². The van der Waals surface area contributed by atoms with E-state index in [1.807, 2.05) is 16.7 Å². The van der Waals surface area contributed by atoms with Gasteiger partial charge < -0.3 is 15.4 Å². The molecule has 0 aliphatic heterocycles. The first kappa shape index (κ1) is 13.9. The summed E-state index contributed by atoms with van der Waals surface area (Å²) in [5.41, 5.74) is 6.72. The molecular weight excluding hydrogens is 260 g/mol. The average Bonchev–Trinajstić information content (AvgIpc) is 2.79. The molecule has 3 N–H and O–H groups in total. The van der Waals surface area contributed by atoms with Gasteiger partial charge in [0.2, 0.25) is 0 Å². The molecule has 0 unspecified atom stereocenters. The van der Waals surface area contributed by atoms with Gasteiger partial charge in [-0.25, -0.2) is 0 Å². The lowest BCUT2D eigenvalue weighted by Gasteiger charge is -2.12. The summed E-state index contributed by atoms with van der Waals surface area (Å²) in [5.74, 6) is 1.82. The Hall–Kier alpha value is -1.53. The van der Waals surface area contributed by atoms with Gasteiger partial charge in [-0.05, 0) is 31.5 Å². The number of phenols is 1. The predicted octanol–water partition coefficient (Wildman–Crippen LogP) is 2.32. The van der Waals surface area contributed by atoms with Crippen molar-refractivity contribution < 1.29 is 5.11 Å². The minimum absolute atomic E-state index is 0.278. The molecule has 0 bridgehead atoms. The van der Waals surface area contributed by atoms with Crippen molar-refractivity contribution in [1.82, 2.24) is 14.8 Å². The number of nitrogens with zero attached hydrogens (tertiary/aromatic N) is 3. The lowest BCUT2D eigenvalue weighted by molar-refractivity contribution is 0.475. The van der Waals surface area contributed by atoms with Crippen LogP contribution in [0.1, 0.15) is 31.3 Å². The number of aromatic nitrogens is 3. The van der Waals surface area contributed by atoms with E-state index in [0.29, 0.717) is 6.54 Å². The Bertz CT molecular complexity index is 553. The van der Waals surface area contributed by atoms with E-state index in [2.05, 4.69) is 24.0 Å². The largest absolute Gasteiger partial charge is 0.508 e. The summed E-state index contributed by atoms with van der Waals surface area (Å²) in [4.78, 5) is 0. The van der Waals surface area contributed by atoms with Crippen LogP contribution < -0.4 is 5.73 Å². The van der Waals surface area contributed by atoms with Crippen molar-refractivity contribution >= 4 is 11.8 Å². The second kappa shape index (κ2) is 6.08. The molecule has 102 valence electrons. The van der Waals surface area contributed by atoms with Crippen LogP contribution in [0.15, 0.2) is 29.4 Å². The lowest BCUT2D eigenvalue weighted by atomic mass is 10.2. The third-order valence-electron chi connectivity index (χ3n) is 2.71. The number of thioether (sulfide) groups is 1. The molecule has 0 fully saturated rings. The average molecular weight is 278 g/mol. The number of hydrogen-bond donors (Lipinski definition) is 2. The van der Waals surface area contributed by atoms with E-state index < -0.39 is 0 Å². The number of rotatable bonds is 5. The van der Waals surface area contributed by atoms with Crippen LogP contribution >= 0.6 is 11.8 Å². The molecule has 6 heteroatoms. The topological polar surface area (TPSA) is 77.0 Å². The molecule has 1 aromatic carbocycles. The van der Waals surface area contributed by atoms with Crippen molar-refractivity contribution in [3.63, 3.8) is 0 Å². The maximum absolute atomic E-state index is 9.44. The maximum Gasteiger partial charge on any atom is 0.191 e. The van der Waals surface area contributed by atoms with Crippen molar-refractivity contribution in [3.8, 4) is 5.75 Å². The zero-order valence-corrected chi connectivity index (χ0v) is 11.9. The molecule has 2 rings (SSSR count). The second-order valence-corrected chi connectivity index (χ2v) is 5.47. The van der Waals surface area contributed by atoms with E-state index >= 15 is 0 Å². The highest BCUT2D eigenvalue weighted by molar-refractivity contribution is 7.98. The number of nitrogens with two attached hydrogens (primary N) is 1. The van der Waals surface area contributed by atoms with Crippen molar-refractivity contribution in [2.75, 3.05) is 0 Å². The molecule has 0 aliphatic carbocycles. The summed E-state index contributed by atoms with van der Waals surface area (Å²) in [6, 6.07) is 7.51. The van der Waals surface area contributed by atoms with Gasteiger partial charge in [-0.3, -0.25) is 0 Å². The molecule has 1 aromatic heterocycles. The first-order valence-corrected chi connectivity index (χ1v) is 7.15. The van der Waals surface area contributed by atoms with Crippen LogP contribution in [0, 0.1) is 0 Å². The standard InChI is InChI=1S/C13H18N4OS/c1-9(2)17-12(7-14)15-16-13(17)19-8-10-4-3-5-11(18)6-10/h3-6,9,18H,7-8,14H2,1-2H3. The van der Waals surface area contributed by atoms with Crippen LogP contribution in [0.25, 0.3) is 0 Å². The van der Waals surface area contributed by atoms with E-state index in [-0.39, 0.29) is 11.8 Å². The van der Waals surface area contributed by atoms with Gasteiger partial charge in [-0.2, -0.15) is 0 Å². The monoisotopic (exact) mass is 278 g/mol. The number of hydrogen-bond acceptors (Lipinski definition) is 5. The number of phenolic OH excluding ortho intramolecular Hbond substituents is 1. The fraction of sp³-hybridized carbons (Fsp3) is 0.385. The maximum atomic E-state index is 9.44. The van der Waals surface area contributed by atoms with E-state index in [4.69, 9.17) is 5.73 Å². The molecule has 0 amide bonds. The predicted molar refractivity (Wildman–Crippen MR) is 76.0 cm³/mol. The van der Waals surface area contributed by atoms with Crippen LogP contribution in [0.5, 0.6) is 5.75 Å². The van der Waals surface area contributed by atoms with Gasteiger partial charge in [0.05, 0.1) is 6.54 Å². The minimum atomic E-state index is 0.278. The Kier molecular flexibility index (Phi) is 4.44. The highest BCUT2D eigenvalue weighted by atomic mass is 32.2. The molecule has 5 nitrogen and oxygen atoms in total. The molecule has 0 radical (unpaired) electrons. The highest BCUT2D eigenvalue weighted by Crippen LogP contribution is 2.25. The van der Waals surface area contributed by atoms with Crippen LogP contribution in [0.4, 0.5) is 0 Å². The molecule has 2 aromatic rings. The zero-order valence-electron chi connectivity index (χ0n) is 11.1. The Morgan fingerprint density at radius 3 is 2.79 bits per heavy atom. The lowest BCUT2D eigenvalue weighted by Crippen LogP contribution is -2.11. The molecule has 0 atom stereocenters. The van der Waals surface area contributed by atoms with Gasteiger partial charge in [-0.1, -0.05) is 23.9 Å². The fourth-order valence-electron chi connectivity index (χ4n) is 1.86.